The molecule has 2 aliphatic rings. The van der Waals surface area contributed by atoms with Crippen LogP contribution >= 0.6 is 0 Å². The molecule has 3 rings (SSSR count). The highest BCUT2D eigenvalue weighted by atomic mass is 32.2. The van der Waals surface area contributed by atoms with Crippen LogP contribution in [-0.2, 0) is 20.6 Å². The topological polar surface area (TPSA) is 94.2 Å². The molecule has 27 heavy (non-hydrogen) atoms. The number of nitrogens with one attached hydrogen (secondary N) is 1. The molecule has 1 N–H and O–H groups in total. The Bertz CT molecular complexity index is 707. The van der Waals surface area contributed by atoms with E-state index in [2.05, 4.69) is 5.32 Å². The third-order valence-electron chi connectivity index (χ3n) is 4.29. The van der Waals surface area contributed by atoms with Gasteiger partial charge in [0.05, 0.1) is 25.3 Å². The first kappa shape index (κ1) is 19.5. The van der Waals surface area contributed by atoms with Gasteiger partial charge in [-0.15, -0.1) is 0 Å². The van der Waals surface area contributed by atoms with Crippen LogP contribution in [0.25, 0.3) is 0 Å². The van der Waals surface area contributed by atoms with E-state index < -0.39 is 41.1 Å². The first-order chi connectivity index (χ1) is 12.9. The minimum absolute atomic E-state index is 0.00322. The van der Waals surface area contributed by atoms with Crippen molar-refractivity contribution in [2.75, 3.05) is 54.6 Å². The fraction of sp³-hybridized carbons (Fsp3) is 0.500. The van der Waals surface area contributed by atoms with Crippen molar-refractivity contribution in [3.05, 3.63) is 23.8 Å². The molecule has 1 aromatic rings. The number of carbonyl (C=O) groups excluding carboxylic acids is 2. The van der Waals surface area contributed by atoms with Gasteiger partial charge in [-0.25, -0.2) is 18.4 Å². The Hall–Kier alpha value is -2.27. The van der Waals surface area contributed by atoms with Crippen LogP contribution in [0.2, 0.25) is 0 Å². The second-order valence-electron chi connectivity index (χ2n) is 6.06. The summed E-state index contributed by atoms with van der Waals surface area (Å²) in [6.07, 6.45) is -2.19. The molecule has 2 heterocycles. The normalized spacial score (nSPS) is 20.6. The molecule has 2 aliphatic heterocycles. The minimum atomic E-state index is -0.966. The molecule has 0 aromatic heterocycles. The van der Waals surface area contributed by atoms with E-state index in [0.29, 0.717) is 24.6 Å². The van der Waals surface area contributed by atoms with Gasteiger partial charge in [0.15, 0.2) is 17.7 Å². The maximum atomic E-state index is 14.6. The van der Waals surface area contributed by atoms with Crippen molar-refractivity contribution in [1.82, 2.24) is 5.32 Å². The van der Waals surface area contributed by atoms with E-state index in [4.69, 9.17) is 9.47 Å². The molecule has 2 fully saturated rings. The van der Waals surface area contributed by atoms with E-state index >= 15 is 0 Å². The second kappa shape index (κ2) is 8.17. The summed E-state index contributed by atoms with van der Waals surface area (Å²) in [6, 6.07) is 2.13. The number of carbonyl (C=O) groups is 2. The number of cyclic esters (lactones) is 1. The zero-order valence-corrected chi connectivity index (χ0v) is 15.4. The van der Waals surface area contributed by atoms with Gasteiger partial charge in [0.25, 0.3) is 0 Å². The molecule has 1 aromatic carbocycles. The van der Waals surface area contributed by atoms with Crippen LogP contribution in [0.15, 0.2) is 12.1 Å². The van der Waals surface area contributed by atoms with Crippen molar-refractivity contribution >= 4 is 34.7 Å². The molecule has 0 saturated carbocycles. The lowest BCUT2D eigenvalue weighted by molar-refractivity contribution is 0.0745. The predicted molar refractivity (Wildman–Crippen MR) is 94.5 cm³/mol. The van der Waals surface area contributed by atoms with E-state index in [1.54, 1.807) is 0 Å². The molecule has 11 heteroatoms. The quantitative estimate of drug-likeness (QED) is 0.760. The lowest BCUT2D eigenvalue weighted by atomic mass is 10.2. The molecule has 2 amide bonds. The number of benzene rings is 1. The number of hydrogen-bond donors (Lipinski definition) is 1. The fourth-order valence-corrected chi connectivity index (χ4v) is 3.98. The summed E-state index contributed by atoms with van der Waals surface area (Å²) < 4.78 is 50.4. The Morgan fingerprint density at radius 1 is 1.37 bits per heavy atom. The molecule has 8 nitrogen and oxygen atoms in total. The van der Waals surface area contributed by atoms with E-state index in [0.717, 1.165) is 17.0 Å². The van der Waals surface area contributed by atoms with Gasteiger partial charge in [0.2, 0.25) is 0 Å². The smallest absolute Gasteiger partial charge is 0.414 e. The SMILES string of the molecule is CNC(=O)OCC1CN(c2cc(F)c(N3CC[S+]([O-])CC3)c(F)c2)C(=O)O1. The Morgan fingerprint density at radius 2 is 2.00 bits per heavy atom. The van der Waals surface area contributed by atoms with Crippen molar-refractivity contribution in [3.8, 4) is 0 Å². The van der Waals surface area contributed by atoms with Gasteiger partial charge in [0.1, 0.15) is 23.8 Å². The molecule has 1 atom stereocenters. The monoisotopic (exact) mass is 403 g/mol. The third-order valence-corrected chi connectivity index (χ3v) is 5.56. The summed E-state index contributed by atoms with van der Waals surface area (Å²) in [5.74, 6) is -0.913. The van der Waals surface area contributed by atoms with E-state index in [9.17, 15) is 22.9 Å². The van der Waals surface area contributed by atoms with Crippen LogP contribution < -0.4 is 15.1 Å². The zero-order chi connectivity index (χ0) is 19.6. The Balaban J connectivity index is 1.72. The van der Waals surface area contributed by atoms with Crippen LogP contribution in [0.4, 0.5) is 29.7 Å². The molecular weight excluding hydrogens is 384 g/mol. The summed E-state index contributed by atoms with van der Waals surface area (Å²) >= 11 is -0.966. The van der Waals surface area contributed by atoms with Gasteiger partial charge in [-0.05, 0) is 0 Å². The molecule has 148 valence electrons. The van der Waals surface area contributed by atoms with Gasteiger partial charge in [-0.3, -0.25) is 4.90 Å². The number of hydrogen-bond acceptors (Lipinski definition) is 6. The maximum Gasteiger partial charge on any atom is 0.414 e. The summed E-state index contributed by atoms with van der Waals surface area (Å²) in [5.41, 5.74) is -0.177. The number of ether oxygens (including phenoxy) is 2. The maximum absolute atomic E-state index is 14.6. The number of halogens is 2. The van der Waals surface area contributed by atoms with Gasteiger partial charge in [-0.2, -0.15) is 0 Å². The largest absolute Gasteiger partial charge is 0.616 e. The number of rotatable bonds is 4. The Morgan fingerprint density at radius 3 is 2.59 bits per heavy atom. The lowest BCUT2D eigenvalue weighted by Gasteiger charge is -2.30. The fourth-order valence-electron chi connectivity index (χ4n) is 2.93. The van der Waals surface area contributed by atoms with Crippen molar-refractivity contribution in [3.63, 3.8) is 0 Å². The number of amides is 2. The lowest BCUT2D eigenvalue weighted by Crippen LogP contribution is -2.41. The average molecular weight is 403 g/mol. The second-order valence-corrected chi connectivity index (χ2v) is 7.75. The van der Waals surface area contributed by atoms with Crippen molar-refractivity contribution in [2.24, 2.45) is 0 Å². The average Bonchev–Trinajstić information content (AvgIpc) is 3.01. The minimum Gasteiger partial charge on any atom is -0.616 e. The van der Waals surface area contributed by atoms with Gasteiger partial charge >= 0.3 is 12.2 Å². The van der Waals surface area contributed by atoms with E-state index in [1.165, 1.54) is 11.9 Å². The van der Waals surface area contributed by atoms with Gasteiger partial charge in [0, 0.05) is 19.2 Å². The number of anilines is 2. The number of nitrogens with zero attached hydrogens (tertiary/aromatic N) is 2. The summed E-state index contributed by atoms with van der Waals surface area (Å²) in [6.45, 7) is 0.418. The van der Waals surface area contributed by atoms with Crippen molar-refractivity contribution in [2.45, 2.75) is 6.10 Å². The predicted octanol–water partition coefficient (Wildman–Crippen LogP) is 1.21. The first-order valence-electron chi connectivity index (χ1n) is 8.30. The van der Waals surface area contributed by atoms with Crippen LogP contribution in [-0.4, -0.2) is 67.6 Å². The molecule has 0 spiro atoms. The molecular formula is C16H19F2N3O5S. The summed E-state index contributed by atoms with van der Waals surface area (Å²) in [7, 11) is 1.39. The van der Waals surface area contributed by atoms with E-state index in [-0.39, 0.29) is 24.5 Å². The Kier molecular flexibility index (Phi) is 5.90. The molecule has 1 unspecified atom stereocenters. The first-order valence-corrected chi connectivity index (χ1v) is 9.79. The van der Waals surface area contributed by atoms with Crippen molar-refractivity contribution < 1.29 is 32.4 Å². The van der Waals surface area contributed by atoms with Gasteiger partial charge in [-0.1, -0.05) is 11.2 Å². The summed E-state index contributed by atoms with van der Waals surface area (Å²) in [5, 5.41) is 2.26. The zero-order valence-electron chi connectivity index (χ0n) is 14.6. The number of alkyl carbamates (subject to hydrolysis) is 1. The molecule has 0 bridgehead atoms. The van der Waals surface area contributed by atoms with Crippen molar-refractivity contribution in [1.29, 1.82) is 0 Å². The van der Waals surface area contributed by atoms with Crippen LogP contribution in [0.1, 0.15) is 0 Å². The summed E-state index contributed by atoms with van der Waals surface area (Å²) in [4.78, 5) is 25.7. The molecule has 2 saturated heterocycles. The highest BCUT2D eigenvalue weighted by Crippen LogP contribution is 2.31. The molecule has 0 radical (unpaired) electrons. The van der Waals surface area contributed by atoms with Crippen LogP contribution in [0, 0.1) is 11.6 Å². The molecule has 0 aliphatic carbocycles. The van der Waals surface area contributed by atoms with Crippen LogP contribution in [0.5, 0.6) is 0 Å². The Labute approximate surface area is 157 Å². The third kappa shape index (κ3) is 4.35. The highest BCUT2D eigenvalue weighted by Gasteiger charge is 2.35. The highest BCUT2D eigenvalue weighted by molar-refractivity contribution is 7.91. The van der Waals surface area contributed by atoms with Crippen LogP contribution in [0.3, 0.4) is 0 Å². The van der Waals surface area contributed by atoms with E-state index in [1.807, 2.05) is 0 Å². The standard InChI is InChI=1S/C16H19F2N3O5S/c1-19-15(22)25-9-11-8-21(16(23)26-11)10-6-12(17)14(13(18)7-10)20-2-4-27(24)5-3-20/h6-7,11H,2-5,8-9H2,1H3,(H,19,22). The van der Waals surface area contributed by atoms with Gasteiger partial charge < -0.3 is 24.2 Å².